The Kier molecular flexibility index (Phi) is 3.50. The predicted molar refractivity (Wildman–Crippen MR) is 84.8 cm³/mol. The molecule has 0 spiro atoms. The summed E-state index contributed by atoms with van der Waals surface area (Å²) in [6.07, 6.45) is 0. The van der Waals surface area contributed by atoms with Crippen LogP contribution in [-0.2, 0) is 0 Å². The number of hydrogen-bond donors (Lipinski definition) is 2. The van der Waals surface area contributed by atoms with Gasteiger partial charge in [-0.2, -0.15) is 5.10 Å². The fourth-order valence-corrected chi connectivity index (χ4v) is 2.52. The number of hydrogen-bond acceptors (Lipinski definition) is 3. The van der Waals surface area contributed by atoms with Gasteiger partial charge in [-0.15, -0.1) is 0 Å². The highest BCUT2D eigenvalue weighted by Crippen LogP contribution is 2.37. The van der Waals surface area contributed by atoms with Crippen molar-refractivity contribution in [2.24, 2.45) is 0 Å². The number of nitrogens with zero attached hydrogens (tertiary/aromatic N) is 1. The topological polar surface area (TPSA) is 75.2 Å². The minimum absolute atomic E-state index is 0.208. The maximum atomic E-state index is 11.2. The van der Waals surface area contributed by atoms with E-state index in [1.807, 2.05) is 13.0 Å². The van der Waals surface area contributed by atoms with E-state index in [1.54, 1.807) is 25.3 Å². The Balaban J connectivity index is 2.28. The van der Waals surface area contributed by atoms with Crippen LogP contribution in [0.1, 0.15) is 15.9 Å². The standard InChI is InChI=1S/C16H13ClN2O3/c1-8-5-11(14(22-2)7-12(8)17)15-10-6-9(16(20)21)3-4-13(10)18-19-15/h3-7H,1-2H3,(H,18,19)(H,20,21). The average Bonchev–Trinajstić information content (AvgIpc) is 2.92. The first-order valence-electron chi connectivity index (χ1n) is 6.57. The third kappa shape index (κ3) is 2.29. The molecule has 0 bridgehead atoms. The van der Waals surface area contributed by atoms with E-state index >= 15 is 0 Å². The lowest BCUT2D eigenvalue weighted by atomic mass is 10.0. The van der Waals surface area contributed by atoms with Crippen molar-refractivity contribution in [2.45, 2.75) is 6.92 Å². The van der Waals surface area contributed by atoms with Crippen LogP contribution < -0.4 is 4.74 Å². The summed E-state index contributed by atoms with van der Waals surface area (Å²) in [7, 11) is 1.56. The lowest BCUT2D eigenvalue weighted by Crippen LogP contribution is -1.95. The van der Waals surface area contributed by atoms with Gasteiger partial charge in [-0.25, -0.2) is 4.79 Å². The average molecular weight is 317 g/mol. The van der Waals surface area contributed by atoms with Crippen LogP contribution >= 0.6 is 11.6 Å². The van der Waals surface area contributed by atoms with Crippen molar-refractivity contribution in [1.29, 1.82) is 0 Å². The van der Waals surface area contributed by atoms with Crippen LogP contribution in [-0.4, -0.2) is 28.4 Å². The van der Waals surface area contributed by atoms with Crippen molar-refractivity contribution < 1.29 is 14.6 Å². The molecule has 2 N–H and O–H groups in total. The van der Waals surface area contributed by atoms with E-state index in [4.69, 9.17) is 21.4 Å². The summed E-state index contributed by atoms with van der Waals surface area (Å²) >= 11 is 6.13. The number of carbonyl (C=O) groups is 1. The number of halogens is 1. The fourth-order valence-electron chi connectivity index (χ4n) is 2.37. The summed E-state index contributed by atoms with van der Waals surface area (Å²) in [6.45, 7) is 1.89. The molecule has 0 aliphatic carbocycles. The molecule has 0 unspecified atom stereocenters. The summed E-state index contributed by atoms with van der Waals surface area (Å²) in [5.74, 6) is -0.391. The van der Waals surface area contributed by atoms with Crippen molar-refractivity contribution in [1.82, 2.24) is 10.2 Å². The molecular weight excluding hydrogens is 304 g/mol. The lowest BCUT2D eigenvalue weighted by Gasteiger charge is -2.09. The molecule has 0 saturated heterocycles. The molecule has 0 aliphatic rings. The quantitative estimate of drug-likeness (QED) is 0.768. The van der Waals surface area contributed by atoms with E-state index < -0.39 is 5.97 Å². The van der Waals surface area contributed by atoms with E-state index in [-0.39, 0.29) is 5.56 Å². The van der Waals surface area contributed by atoms with Gasteiger partial charge in [0.1, 0.15) is 11.4 Å². The van der Waals surface area contributed by atoms with Crippen LogP contribution in [0, 0.1) is 6.92 Å². The van der Waals surface area contributed by atoms with Crippen molar-refractivity contribution in [3.8, 4) is 17.0 Å². The molecule has 112 valence electrons. The van der Waals surface area contributed by atoms with Crippen molar-refractivity contribution in [3.63, 3.8) is 0 Å². The Hall–Kier alpha value is -2.53. The molecule has 3 rings (SSSR count). The smallest absolute Gasteiger partial charge is 0.335 e. The van der Waals surface area contributed by atoms with E-state index in [9.17, 15) is 4.79 Å². The molecule has 2 aromatic carbocycles. The third-order valence-corrected chi connectivity index (χ3v) is 3.95. The number of fused-ring (bicyclic) bond motifs is 1. The number of rotatable bonds is 3. The first-order valence-corrected chi connectivity index (χ1v) is 6.95. The Morgan fingerprint density at radius 1 is 1.32 bits per heavy atom. The molecule has 1 aromatic heterocycles. The zero-order valence-electron chi connectivity index (χ0n) is 12.0. The number of benzene rings is 2. The molecular formula is C16H13ClN2O3. The summed E-state index contributed by atoms with van der Waals surface area (Å²) in [5.41, 5.74) is 3.25. The number of aromatic nitrogens is 2. The van der Waals surface area contributed by atoms with E-state index in [2.05, 4.69) is 10.2 Å². The molecule has 0 fully saturated rings. The van der Waals surface area contributed by atoms with Crippen molar-refractivity contribution in [2.75, 3.05) is 7.11 Å². The van der Waals surface area contributed by atoms with Gasteiger partial charge in [0.2, 0.25) is 0 Å². The molecule has 22 heavy (non-hydrogen) atoms. The lowest BCUT2D eigenvalue weighted by molar-refractivity contribution is 0.0697. The highest BCUT2D eigenvalue weighted by molar-refractivity contribution is 6.31. The van der Waals surface area contributed by atoms with Gasteiger partial charge >= 0.3 is 5.97 Å². The SMILES string of the molecule is COc1cc(Cl)c(C)cc1-c1n[nH]c2ccc(C(=O)O)cc12. The number of H-pyrrole nitrogens is 1. The zero-order valence-corrected chi connectivity index (χ0v) is 12.7. The molecule has 5 nitrogen and oxygen atoms in total. The van der Waals surface area contributed by atoms with Crippen LogP contribution in [0.4, 0.5) is 0 Å². The van der Waals surface area contributed by atoms with E-state index in [1.165, 1.54) is 6.07 Å². The second-order valence-electron chi connectivity index (χ2n) is 4.94. The number of aryl methyl sites for hydroxylation is 1. The minimum Gasteiger partial charge on any atom is -0.496 e. The molecule has 6 heteroatoms. The Bertz CT molecular complexity index is 886. The number of aromatic amines is 1. The Morgan fingerprint density at radius 3 is 2.77 bits per heavy atom. The van der Waals surface area contributed by atoms with Crippen LogP contribution in [0.15, 0.2) is 30.3 Å². The Labute approximate surface area is 131 Å². The Morgan fingerprint density at radius 2 is 2.09 bits per heavy atom. The number of carboxylic acids is 1. The van der Waals surface area contributed by atoms with E-state index in [0.717, 1.165) is 22.0 Å². The monoisotopic (exact) mass is 316 g/mol. The maximum absolute atomic E-state index is 11.2. The first kappa shape index (κ1) is 14.4. The molecule has 0 radical (unpaired) electrons. The largest absolute Gasteiger partial charge is 0.496 e. The van der Waals surface area contributed by atoms with Crippen LogP contribution in [0.25, 0.3) is 22.2 Å². The van der Waals surface area contributed by atoms with Crippen LogP contribution in [0.2, 0.25) is 5.02 Å². The normalized spacial score (nSPS) is 10.9. The highest BCUT2D eigenvalue weighted by atomic mass is 35.5. The van der Waals surface area contributed by atoms with Gasteiger partial charge in [-0.1, -0.05) is 11.6 Å². The maximum Gasteiger partial charge on any atom is 0.335 e. The fraction of sp³-hybridized carbons (Fsp3) is 0.125. The van der Waals surface area contributed by atoms with Crippen molar-refractivity contribution >= 4 is 28.5 Å². The minimum atomic E-state index is -0.978. The van der Waals surface area contributed by atoms with Gasteiger partial charge in [0.25, 0.3) is 0 Å². The number of nitrogens with one attached hydrogen (secondary N) is 1. The van der Waals surface area contributed by atoms with Gasteiger partial charge < -0.3 is 9.84 Å². The molecule has 0 saturated carbocycles. The number of carboxylic acid groups (broad SMARTS) is 1. The van der Waals surface area contributed by atoms with Gasteiger partial charge in [-0.3, -0.25) is 5.10 Å². The summed E-state index contributed by atoms with van der Waals surface area (Å²) in [6, 6.07) is 8.44. The predicted octanol–water partition coefficient (Wildman–Crippen LogP) is 3.90. The number of ether oxygens (including phenoxy) is 1. The van der Waals surface area contributed by atoms with Crippen LogP contribution in [0.5, 0.6) is 5.75 Å². The molecule has 0 aliphatic heterocycles. The summed E-state index contributed by atoms with van der Waals surface area (Å²) in [5, 5.41) is 17.7. The third-order valence-electron chi connectivity index (χ3n) is 3.55. The molecule has 3 aromatic rings. The van der Waals surface area contributed by atoms with Gasteiger partial charge in [0.05, 0.1) is 18.2 Å². The highest BCUT2D eigenvalue weighted by Gasteiger charge is 2.16. The first-order chi connectivity index (χ1) is 10.5. The van der Waals surface area contributed by atoms with Crippen LogP contribution in [0.3, 0.4) is 0 Å². The number of aromatic carboxylic acids is 1. The van der Waals surface area contributed by atoms with Gasteiger partial charge in [-0.05, 0) is 42.8 Å². The van der Waals surface area contributed by atoms with E-state index in [0.29, 0.717) is 16.5 Å². The molecule has 0 amide bonds. The zero-order chi connectivity index (χ0) is 15.9. The van der Waals surface area contributed by atoms with Gasteiger partial charge in [0.15, 0.2) is 0 Å². The van der Waals surface area contributed by atoms with Crippen molar-refractivity contribution in [3.05, 3.63) is 46.5 Å². The number of methoxy groups -OCH3 is 1. The summed E-state index contributed by atoms with van der Waals surface area (Å²) < 4.78 is 5.38. The molecule has 0 atom stereocenters. The second-order valence-corrected chi connectivity index (χ2v) is 5.35. The molecule has 1 heterocycles. The second kappa shape index (κ2) is 5.35. The van der Waals surface area contributed by atoms with Gasteiger partial charge in [0, 0.05) is 16.0 Å². The summed E-state index contributed by atoms with van der Waals surface area (Å²) in [4.78, 5) is 11.2.